The average Bonchev–Trinajstić information content (AvgIpc) is 2.55. The lowest BCUT2D eigenvalue weighted by Crippen LogP contribution is -2.28. The number of methoxy groups -OCH3 is 1. The van der Waals surface area contributed by atoms with Crippen molar-refractivity contribution in [3.05, 3.63) is 73.9 Å². The Kier molecular flexibility index (Phi) is 6.18. The van der Waals surface area contributed by atoms with E-state index in [0.29, 0.717) is 10.6 Å². The molecular formula is C17H13ClINO3. The first-order chi connectivity index (χ1) is 11.0. The SMILES string of the molecule is COC(=O)/C(=C\c1ccc(Cl)cc1)NC(=O)c1ccccc1I. The summed E-state index contributed by atoms with van der Waals surface area (Å²) >= 11 is 7.90. The van der Waals surface area contributed by atoms with E-state index in [-0.39, 0.29) is 11.6 Å². The maximum Gasteiger partial charge on any atom is 0.354 e. The van der Waals surface area contributed by atoms with Gasteiger partial charge in [-0.15, -0.1) is 0 Å². The monoisotopic (exact) mass is 441 g/mol. The first-order valence-electron chi connectivity index (χ1n) is 6.62. The van der Waals surface area contributed by atoms with Crippen LogP contribution in [0.5, 0.6) is 0 Å². The molecule has 2 rings (SSSR count). The smallest absolute Gasteiger partial charge is 0.354 e. The molecule has 0 aromatic heterocycles. The van der Waals surface area contributed by atoms with Crippen LogP contribution in [0.25, 0.3) is 6.08 Å². The van der Waals surface area contributed by atoms with E-state index in [1.165, 1.54) is 13.2 Å². The van der Waals surface area contributed by atoms with E-state index in [2.05, 4.69) is 27.9 Å². The van der Waals surface area contributed by atoms with Crippen LogP contribution in [-0.2, 0) is 9.53 Å². The highest BCUT2D eigenvalue weighted by molar-refractivity contribution is 14.1. The van der Waals surface area contributed by atoms with Gasteiger partial charge in [0.15, 0.2) is 0 Å². The summed E-state index contributed by atoms with van der Waals surface area (Å²) in [5.41, 5.74) is 1.26. The zero-order valence-corrected chi connectivity index (χ0v) is 15.1. The molecule has 0 radical (unpaired) electrons. The molecule has 0 atom stereocenters. The molecule has 0 aliphatic rings. The van der Waals surface area contributed by atoms with Crippen molar-refractivity contribution in [1.29, 1.82) is 0 Å². The summed E-state index contributed by atoms with van der Waals surface area (Å²) in [5, 5.41) is 3.19. The molecule has 0 aliphatic carbocycles. The fourth-order valence-electron chi connectivity index (χ4n) is 1.82. The zero-order chi connectivity index (χ0) is 16.8. The van der Waals surface area contributed by atoms with Crippen molar-refractivity contribution in [2.45, 2.75) is 0 Å². The van der Waals surface area contributed by atoms with Crippen molar-refractivity contribution in [2.75, 3.05) is 7.11 Å². The molecule has 23 heavy (non-hydrogen) atoms. The first-order valence-corrected chi connectivity index (χ1v) is 8.08. The third-order valence-corrected chi connectivity index (χ3v) is 4.15. The number of rotatable bonds is 4. The third-order valence-electron chi connectivity index (χ3n) is 2.95. The highest BCUT2D eigenvalue weighted by atomic mass is 127. The Balaban J connectivity index is 2.29. The maximum absolute atomic E-state index is 12.4. The molecule has 1 N–H and O–H groups in total. The van der Waals surface area contributed by atoms with Crippen molar-refractivity contribution in [3.8, 4) is 0 Å². The predicted octanol–water partition coefficient (Wildman–Crippen LogP) is 3.89. The van der Waals surface area contributed by atoms with Gasteiger partial charge in [-0.3, -0.25) is 4.79 Å². The highest BCUT2D eigenvalue weighted by Gasteiger charge is 2.16. The topological polar surface area (TPSA) is 55.4 Å². The van der Waals surface area contributed by atoms with E-state index in [1.54, 1.807) is 36.4 Å². The number of amides is 1. The lowest BCUT2D eigenvalue weighted by molar-refractivity contribution is -0.136. The summed E-state index contributed by atoms with van der Waals surface area (Å²) in [4.78, 5) is 24.3. The molecule has 4 nitrogen and oxygen atoms in total. The molecular weight excluding hydrogens is 429 g/mol. The number of esters is 1. The van der Waals surface area contributed by atoms with Crippen molar-refractivity contribution in [2.24, 2.45) is 0 Å². The standard InChI is InChI=1S/C17H13ClINO3/c1-23-17(22)15(10-11-6-8-12(18)9-7-11)20-16(21)13-4-2-3-5-14(13)19/h2-10H,1H3,(H,20,21)/b15-10+. The second-order valence-corrected chi connectivity index (χ2v) is 6.13. The number of hydrogen-bond acceptors (Lipinski definition) is 3. The van der Waals surface area contributed by atoms with Gasteiger partial charge in [0.25, 0.3) is 5.91 Å². The van der Waals surface area contributed by atoms with Crippen molar-refractivity contribution in [1.82, 2.24) is 5.32 Å². The van der Waals surface area contributed by atoms with Gasteiger partial charge in [-0.05, 0) is 58.5 Å². The lowest BCUT2D eigenvalue weighted by atomic mass is 10.1. The van der Waals surface area contributed by atoms with Gasteiger partial charge < -0.3 is 10.1 Å². The Morgan fingerprint density at radius 1 is 1.13 bits per heavy atom. The second-order valence-electron chi connectivity index (χ2n) is 4.54. The van der Waals surface area contributed by atoms with Crippen LogP contribution >= 0.6 is 34.2 Å². The minimum absolute atomic E-state index is 0.0551. The molecule has 0 saturated heterocycles. The molecule has 6 heteroatoms. The summed E-state index contributed by atoms with van der Waals surface area (Å²) in [5.74, 6) is -1.00. The molecule has 0 bridgehead atoms. The number of ether oxygens (including phenoxy) is 1. The number of halogens is 2. The van der Waals surface area contributed by atoms with Gasteiger partial charge in [-0.2, -0.15) is 0 Å². The van der Waals surface area contributed by atoms with Gasteiger partial charge in [0, 0.05) is 8.59 Å². The van der Waals surface area contributed by atoms with Crippen molar-refractivity contribution >= 4 is 52.1 Å². The van der Waals surface area contributed by atoms with E-state index in [0.717, 1.165) is 9.13 Å². The van der Waals surface area contributed by atoms with Gasteiger partial charge in [0.1, 0.15) is 5.70 Å². The Hall–Kier alpha value is -1.86. The predicted molar refractivity (Wildman–Crippen MR) is 98.1 cm³/mol. The van der Waals surface area contributed by atoms with Gasteiger partial charge in [-0.1, -0.05) is 35.9 Å². The van der Waals surface area contributed by atoms with Crippen LogP contribution in [0.4, 0.5) is 0 Å². The van der Waals surface area contributed by atoms with E-state index < -0.39 is 5.97 Å². The molecule has 0 unspecified atom stereocenters. The van der Waals surface area contributed by atoms with Gasteiger partial charge in [0.2, 0.25) is 0 Å². The van der Waals surface area contributed by atoms with E-state index in [4.69, 9.17) is 16.3 Å². The van der Waals surface area contributed by atoms with E-state index >= 15 is 0 Å². The molecule has 2 aromatic carbocycles. The number of carbonyl (C=O) groups excluding carboxylic acids is 2. The molecule has 2 aromatic rings. The molecule has 0 saturated carbocycles. The summed E-state index contributed by atoms with van der Waals surface area (Å²) in [6.45, 7) is 0. The lowest BCUT2D eigenvalue weighted by Gasteiger charge is -2.09. The molecule has 0 spiro atoms. The van der Waals surface area contributed by atoms with Crippen LogP contribution in [0.2, 0.25) is 5.02 Å². The average molecular weight is 442 g/mol. The minimum Gasteiger partial charge on any atom is -0.464 e. The second kappa shape index (κ2) is 8.12. The van der Waals surface area contributed by atoms with Crippen molar-refractivity contribution in [3.63, 3.8) is 0 Å². The normalized spacial score (nSPS) is 11.0. The first kappa shape index (κ1) is 17.5. The summed E-state index contributed by atoms with van der Waals surface area (Å²) in [6.07, 6.45) is 1.54. The van der Waals surface area contributed by atoms with Crippen LogP contribution in [0.15, 0.2) is 54.2 Å². The quantitative estimate of drug-likeness (QED) is 0.445. The Morgan fingerprint density at radius 2 is 1.78 bits per heavy atom. The minimum atomic E-state index is -0.626. The van der Waals surface area contributed by atoms with Crippen LogP contribution in [0.1, 0.15) is 15.9 Å². The molecule has 0 aliphatic heterocycles. The van der Waals surface area contributed by atoms with Gasteiger partial charge in [0.05, 0.1) is 12.7 Å². The van der Waals surface area contributed by atoms with E-state index in [9.17, 15) is 9.59 Å². The van der Waals surface area contributed by atoms with Crippen molar-refractivity contribution < 1.29 is 14.3 Å². The van der Waals surface area contributed by atoms with Crippen LogP contribution in [-0.4, -0.2) is 19.0 Å². The van der Waals surface area contributed by atoms with Crippen LogP contribution < -0.4 is 5.32 Å². The summed E-state index contributed by atoms with van der Waals surface area (Å²) < 4.78 is 5.52. The Labute approximate surface area is 152 Å². The highest BCUT2D eigenvalue weighted by Crippen LogP contribution is 2.14. The summed E-state index contributed by atoms with van der Waals surface area (Å²) in [7, 11) is 1.26. The van der Waals surface area contributed by atoms with Gasteiger partial charge >= 0.3 is 5.97 Å². The fraction of sp³-hybridized carbons (Fsp3) is 0.0588. The van der Waals surface area contributed by atoms with E-state index in [1.807, 2.05) is 12.1 Å². The zero-order valence-electron chi connectivity index (χ0n) is 12.2. The number of carbonyl (C=O) groups is 2. The largest absolute Gasteiger partial charge is 0.464 e. The molecule has 118 valence electrons. The number of benzene rings is 2. The molecule has 0 heterocycles. The fourth-order valence-corrected chi connectivity index (χ4v) is 2.57. The maximum atomic E-state index is 12.4. The summed E-state index contributed by atoms with van der Waals surface area (Å²) in [6, 6.07) is 14.0. The van der Waals surface area contributed by atoms with Gasteiger partial charge in [-0.25, -0.2) is 4.79 Å². The number of hydrogen-bond donors (Lipinski definition) is 1. The third kappa shape index (κ3) is 4.80. The number of nitrogens with one attached hydrogen (secondary N) is 1. The Morgan fingerprint density at radius 3 is 2.39 bits per heavy atom. The molecule has 0 fully saturated rings. The van der Waals surface area contributed by atoms with Crippen LogP contribution in [0.3, 0.4) is 0 Å². The van der Waals surface area contributed by atoms with Crippen LogP contribution in [0, 0.1) is 3.57 Å². The Bertz CT molecular complexity index is 757. The molecule has 1 amide bonds.